The largest absolute Gasteiger partial charge is 0.394 e. The second-order valence-corrected chi connectivity index (χ2v) is 12.2. The minimum atomic E-state index is -0.437. The number of Topliss-reactive ketones (excluding diaryl/α,β-unsaturated/α-hetero) is 4. The van der Waals surface area contributed by atoms with Crippen LogP contribution in [0.3, 0.4) is 0 Å². The van der Waals surface area contributed by atoms with E-state index in [0.29, 0.717) is 78.7 Å². The van der Waals surface area contributed by atoms with Crippen LogP contribution in [0.1, 0.15) is 41.4 Å². The molecular formula is C36H42N4O8. The number of ether oxygens (including phenoxy) is 2. The standard InChI is InChI=1S/C36H42N4O8/c41-19-23-47-21-17-37-9-13-39(14-10-37)31-29(33(43)25-5-1-3-7-27(25)35(31)45)30-32(36(46)28-8-4-2-6-26(28)34(30)44)40-15-11-38(12-16-40)18-22-48-24-20-42/h1-8,41-42H,9-24H2. The lowest BCUT2D eigenvalue weighted by Gasteiger charge is -2.41. The molecular weight excluding hydrogens is 616 g/mol. The number of nitrogens with zero attached hydrogens (tertiary/aromatic N) is 4. The molecule has 2 fully saturated rings. The zero-order chi connectivity index (χ0) is 33.6. The molecule has 2 aliphatic carbocycles. The van der Waals surface area contributed by atoms with E-state index in [4.69, 9.17) is 19.7 Å². The maximum atomic E-state index is 14.6. The molecule has 6 rings (SSSR count). The molecule has 0 spiro atoms. The van der Waals surface area contributed by atoms with Crippen molar-refractivity contribution in [3.05, 3.63) is 93.3 Å². The van der Waals surface area contributed by atoms with Crippen LogP contribution in [-0.2, 0) is 9.47 Å². The third-order valence-corrected chi connectivity index (χ3v) is 9.39. The van der Waals surface area contributed by atoms with Gasteiger partial charge in [-0.15, -0.1) is 0 Å². The van der Waals surface area contributed by atoms with E-state index < -0.39 is 11.6 Å². The highest BCUT2D eigenvalue weighted by molar-refractivity contribution is 6.36. The molecule has 4 aliphatic rings. The van der Waals surface area contributed by atoms with Gasteiger partial charge in [-0.1, -0.05) is 48.5 Å². The van der Waals surface area contributed by atoms with E-state index in [1.807, 2.05) is 9.80 Å². The third-order valence-electron chi connectivity index (χ3n) is 9.39. The number of allylic oxidation sites excluding steroid dienone is 4. The maximum Gasteiger partial charge on any atom is 0.210 e. The number of carbonyl (C=O) groups excluding carboxylic acids is 4. The molecule has 12 nitrogen and oxygen atoms in total. The van der Waals surface area contributed by atoms with Crippen molar-refractivity contribution in [2.24, 2.45) is 0 Å². The van der Waals surface area contributed by atoms with E-state index in [9.17, 15) is 19.2 Å². The van der Waals surface area contributed by atoms with Crippen molar-refractivity contribution in [1.29, 1.82) is 0 Å². The molecule has 2 N–H and O–H groups in total. The van der Waals surface area contributed by atoms with Crippen LogP contribution in [0.2, 0.25) is 0 Å². The summed E-state index contributed by atoms with van der Waals surface area (Å²) in [5.41, 5.74) is 1.36. The summed E-state index contributed by atoms with van der Waals surface area (Å²) in [4.78, 5) is 66.0. The van der Waals surface area contributed by atoms with Crippen LogP contribution in [0.25, 0.3) is 0 Å². The second-order valence-electron chi connectivity index (χ2n) is 12.2. The summed E-state index contributed by atoms with van der Waals surface area (Å²) in [7, 11) is 0. The lowest BCUT2D eigenvalue weighted by atomic mass is 9.76. The highest BCUT2D eigenvalue weighted by Crippen LogP contribution is 2.39. The first-order valence-corrected chi connectivity index (χ1v) is 16.6. The fourth-order valence-electron chi connectivity index (χ4n) is 6.90. The number of rotatable bonds is 13. The van der Waals surface area contributed by atoms with Crippen LogP contribution in [-0.4, -0.2) is 158 Å². The van der Waals surface area contributed by atoms with Gasteiger partial charge >= 0.3 is 0 Å². The highest BCUT2D eigenvalue weighted by Gasteiger charge is 2.45. The van der Waals surface area contributed by atoms with Gasteiger partial charge in [0.05, 0.1) is 62.2 Å². The molecule has 2 aromatic carbocycles. The van der Waals surface area contributed by atoms with Crippen molar-refractivity contribution in [2.45, 2.75) is 0 Å². The van der Waals surface area contributed by atoms with E-state index in [2.05, 4.69) is 9.80 Å². The van der Waals surface area contributed by atoms with Gasteiger partial charge in [0.1, 0.15) is 0 Å². The molecule has 0 unspecified atom stereocenters. The minimum absolute atomic E-state index is 0.00103. The minimum Gasteiger partial charge on any atom is -0.394 e. The topological polar surface area (TPSA) is 140 Å². The Hall–Kier alpha value is -4.04. The fourth-order valence-corrected chi connectivity index (χ4v) is 6.90. The summed E-state index contributed by atoms with van der Waals surface area (Å²) < 4.78 is 10.9. The van der Waals surface area contributed by atoms with E-state index >= 15 is 0 Å². The average molecular weight is 659 g/mol. The number of hydrogen-bond acceptors (Lipinski definition) is 12. The van der Waals surface area contributed by atoms with Crippen LogP contribution in [0.15, 0.2) is 71.1 Å². The van der Waals surface area contributed by atoms with E-state index in [1.165, 1.54) is 0 Å². The lowest BCUT2D eigenvalue weighted by Crippen LogP contribution is -2.50. The Morgan fingerprint density at radius 1 is 0.479 bits per heavy atom. The lowest BCUT2D eigenvalue weighted by molar-refractivity contribution is 0.0600. The van der Waals surface area contributed by atoms with Gasteiger partial charge in [-0.05, 0) is 0 Å². The van der Waals surface area contributed by atoms with Crippen LogP contribution < -0.4 is 0 Å². The molecule has 0 saturated carbocycles. The first kappa shape index (κ1) is 33.8. The molecule has 48 heavy (non-hydrogen) atoms. The first-order chi connectivity index (χ1) is 23.4. The summed E-state index contributed by atoms with van der Waals surface area (Å²) in [6.45, 7) is 6.91. The summed E-state index contributed by atoms with van der Waals surface area (Å²) >= 11 is 0. The summed E-state index contributed by atoms with van der Waals surface area (Å²) in [5.74, 6) is -1.54. The van der Waals surface area contributed by atoms with Gasteiger partial charge in [0.2, 0.25) is 11.6 Å². The monoisotopic (exact) mass is 658 g/mol. The Balaban J connectivity index is 1.40. The Kier molecular flexibility index (Phi) is 10.9. The number of hydrogen-bond donors (Lipinski definition) is 2. The van der Waals surface area contributed by atoms with Gasteiger partial charge in [-0.2, -0.15) is 0 Å². The van der Waals surface area contributed by atoms with Crippen molar-refractivity contribution in [2.75, 3.05) is 105 Å². The summed E-state index contributed by atoms with van der Waals surface area (Å²) in [6.07, 6.45) is 0. The van der Waals surface area contributed by atoms with Crippen molar-refractivity contribution in [1.82, 2.24) is 19.6 Å². The highest BCUT2D eigenvalue weighted by atomic mass is 16.5. The number of carbonyl (C=O) groups is 4. The van der Waals surface area contributed by atoms with Crippen molar-refractivity contribution >= 4 is 23.1 Å². The summed E-state index contributed by atoms with van der Waals surface area (Å²) in [6, 6.07) is 13.3. The second kappa shape index (κ2) is 15.5. The molecule has 0 radical (unpaired) electrons. The number of piperazine rings is 2. The van der Waals surface area contributed by atoms with Crippen LogP contribution in [0.5, 0.6) is 0 Å². The zero-order valence-electron chi connectivity index (χ0n) is 27.1. The van der Waals surface area contributed by atoms with Crippen molar-refractivity contribution in [3.63, 3.8) is 0 Å². The average Bonchev–Trinajstić information content (AvgIpc) is 3.12. The Labute approximate surface area is 279 Å². The normalized spacial score (nSPS) is 19.4. The van der Waals surface area contributed by atoms with E-state index in [-0.39, 0.29) is 82.8 Å². The molecule has 0 atom stereocenters. The molecule has 2 aliphatic heterocycles. The van der Waals surface area contributed by atoms with Gasteiger partial charge in [0, 0.05) is 87.7 Å². The number of ketones is 4. The predicted molar refractivity (Wildman–Crippen MR) is 176 cm³/mol. The predicted octanol–water partition coefficient (Wildman–Crippen LogP) is 0.906. The van der Waals surface area contributed by atoms with E-state index in [0.717, 1.165) is 0 Å². The van der Waals surface area contributed by atoms with Gasteiger partial charge in [-0.25, -0.2) is 0 Å². The molecule has 0 aromatic heterocycles. The first-order valence-electron chi connectivity index (χ1n) is 16.6. The number of benzene rings is 2. The quantitative estimate of drug-likeness (QED) is 0.296. The third kappa shape index (κ3) is 6.77. The van der Waals surface area contributed by atoms with E-state index in [1.54, 1.807) is 48.5 Å². The fraction of sp³-hybridized carbons (Fsp3) is 0.444. The Morgan fingerprint density at radius 2 is 0.812 bits per heavy atom. The molecule has 254 valence electrons. The number of aliphatic hydroxyl groups is 2. The Bertz CT molecular complexity index is 1500. The molecule has 0 bridgehead atoms. The molecule has 2 heterocycles. The van der Waals surface area contributed by atoms with Crippen molar-refractivity contribution < 1.29 is 38.9 Å². The molecule has 2 saturated heterocycles. The zero-order valence-corrected chi connectivity index (χ0v) is 27.1. The number of fused-ring (bicyclic) bond motifs is 2. The SMILES string of the molecule is O=C1C(C2=C(N3CCN(CCOCCO)CC3)C(=O)c3ccccc3C2=O)=C(N2CCN(CCOCCO)CC2)C(=O)c2ccccc21. The van der Waals surface area contributed by atoms with Gasteiger partial charge in [0.15, 0.2) is 11.6 Å². The van der Waals surface area contributed by atoms with Crippen molar-refractivity contribution in [3.8, 4) is 0 Å². The van der Waals surface area contributed by atoms with Gasteiger partial charge in [0.25, 0.3) is 0 Å². The number of aliphatic hydroxyl groups excluding tert-OH is 2. The van der Waals surface area contributed by atoms with Crippen LogP contribution in [0.4, 0.5) is 0 Å². The van der Waals surface area contributed by atoms with Gasteiger partial charge < -0.3 is 29.5 Å². The molecule has 0 amide bonds. The molecule has 2 aromatic rings. The maximum absolute atomic E-state index is 14.6. The van der Waals surface area contributed by atoms with Crippen LogP contribution >= 0.6 is 0 Å². The Morgan fingerprint density at radius 3 is 1.15 bits per heavy atom. The molecule has 12 heteroatoms. The van der Waals surface area contributed by atoms with Gasteiger partial charge in [-0.3, -0.25) is 29.0 Å². The summed E-state index contributed by atoms with van der Waals surface area (Å²) in [5, 5.41) is 18.0. The van der Waals surface area contributed by atoms with Crippen LogP contribution in [0, 0.1) is 0 Å². The smallest absolute Gasteiger partial charge is 0.210 e.